The third-order valence-electron chi connectivity index (χ3n) is 3.91. The van der Waals surface area contributed by atoms with Gasteiger partial charge in [0.15, 0.2) is 5.96 Å². The fourth-order valence-corrected chi connectivity index (χ4v) is 2.64. The van der Waals surface area contributed by atoms with Crippen molar-refractivity contribution in [2.24, 2.45) is 4.99 Å². The monoisotopic (exact) mass is 281 g/mol. The van der Waals surface area contributed by atoms with Gasteiger partial charge in [0.2, 0.25) is 0 Å². The van der Waals surface area contributed by atoms with E-state index in [9.17, 15) is 5.11 Å². The fourth-order valence-electron chi connectivity index (χ4n) is 2.64. The molecule has 0 bridgehead atoms. The standard InChI is InChI=1S/C16H31N3O/c1-4-6-10-13-19(3)15(17-5-2)18-14-16(20)11-8-7-9-12-16/h4,20H,1,5-14H2,2-3H3,(H,17,18). The number of nitrogens with zero attached hydrogens (tertiary/aromatic N) is 2. The minimum absolute atomic E-state index is 0.515. The van der Waals surface area contributed by atoms with Gasteiger partial charge in [-0.2, -0.15) is 0 Å². The summed E-state index contributed by atoms with van der Waals surface area (Å²) in [5.41, 5.74) is -0.582. The number of hydrogen-bond acceptors (Lipinski definition) is 2. The normalized spacial score (nSPS) is 18.6. The SMILES string of the molecule is C=CCCCN(C)C(=NCC1(O)CCCCC1)NCC. The van der Waals surface area contributed by atoms with Crippen LogP contribution in [0.25, 0.3) is 0 Å². The van der Waals surface area contributed by atoms with Crippen LogP contribution in [0, 0.1) is 0 Å². The van der Waals surface area contributed by atoms with E-state index in [1.165, 1.54) is 6.42 Å². The van der Waals surface area contributed by atoms with Gasteiger partial charge in [0, 0.05) is 20.1 Å². The zero-order valence-electron chi connectivity index (χ0n) is 13.2. The molecule has 1 fully saturated rings. The number of aliphatic hydroxyl groups is 1. The van der Waals surface area contributed by atoms with Gasteiger partial charge >= 0.3 is 0 Å². The first-order valence-corrected chi connectivity index (χ1v) is 7.94. The molecule has 4 heteroatoms. The number of allylic oxidation sites excluding steroid dienone is 1. The molecule has 0 heterocycles. The van der Waals surface area contributed by atoms with Crippen LogP contribution in [0.3, 0.4) is 0 Å². The van der Waals surface area contributed by atoms with Gasteiger partial charge in [-0.25, -0.2) is 0 Å². The van der Waals surface area contributed by atoms with Crippen LogP contribution < -0.4 is 5.32 Å². The van der Waals surface area contributed by atoms with Crippen LogP contribution in [0.15, 0.2) is 17.6 Å². The van der Waals surface area contributed by atoms with Crippen LogP contribution in [0.4, 0.5) is 0 Å². The predicted octanol–water partition coefficient (Wildman–Crippen LogP) is 2.55. The van der Waals surface area contributed by atoms with Crippen LogP contribution in [0.2, 0.25) is 0 Å². The molecule has 0 aliphatic heterocycles. The highest BCUT2D eigenvalue weighted by atomic mass is 16.3. The zero-order valence-corrected chi connectivity index (χ0v) is 13.2. The van der Waals surface area contributed by atoms with E-state index in [0.29, 0.717) is 6.54 Å². The largest absolute Gasteiger partial charge is 0.388 e. The second-order valence-corrected chi connectivity index (χ2v) is 5.81. The molecular formula is C16H31N3O. The summed E-state index contributed by atoms with van der Waals surface area (Å²) in [6.45, 7) is 8.14. The molecule has 1 aliphatic carbocycles. The highest BCUT2D eigenvalue weighted by molar-refractivity contribution is 5.79. The molecule has 116 valence electrons. The third-order valence-corrected chi connectivity index (χ3v) is 3.91. The molecule has 1 rings (SSSR count). The molecule has 0 saturated heterocycles. The van der Waals surface area contributed by atoms with Crippen molar-refractivity contribution in [1.29, 1.82) is 0 Å². The first-order valence-electron chi connectivity index (χ1n) is 7.94. The number of rotatable bonds is 7. The van der Waals surface area contributed by atoms with Gasteiger partial charge in [0.25, 0.3) is 0 Å². The fraction of sp³-hybridized carbons (Fsp3) is 0.812. The van der Waals surface area contributed by atoms with E-state index >= 15 is 0 Å². The Labute approximate surface area is 124 Å². The molecule has 2 N–H and O–H groups in total. The Morgan fingerprint density at radius 2 is 2.10 bits per heavy atom. The molecule has 4 nitrogen and oxygen atoms in total. The molecule has 0 aromatic carbocycles. The molecule has 20 heavy (non-hydrogen) atoms. The van der Waals surface area contributed by atoms with Crippen molar-refractivity contribution in [1.82, 2.24) is 10.2 Å². The maximum Gasteiger partial charge on any atom is 0.193 e. The molecule has 1 aliphatic rings. The summed E-state index contributed by atoms with van der Waals surface area (Å²) >= 11 is 0. The first-order chi connectivity index (χ1) is 9.61. The van der Waals surface area contributed by atoms with Crippen molar-refractivity contribution in [2.45, 2.75) is 57.5 Å². The lowest BCUT2D eigenvalue weighted by Gasteiger charge is -2.31. The average molecular weight is 281 g/mol. The quantitative estimate of drug-likeness (QED) is 0.326. The van der Waals surface area contributed by atoms with Crippen molar-refractivity contribution in [2.75, 3.05) is 26.7 Å². The van der Waals surface area contributed by atoms with E-state index in [0.717, 1.165) is 57.6 Å². The highest BCUT2D eigenvalue weighted by Crippen LogP contribution is 2.28. The molecule has 0 unspecified atom stereocenters. The summed E-state index contributed by atoms with van der Waals surface area (Å²) in [5.74, 6) is 0.899. The molecule has 0 aromatic rings. The maximum absolute atomic E-state index is 10.5. The summed E-state index contributed by atoms with van der Waals surface area (Å²) < 4.78 is 0. The van der Waals surface area contributed by atoms with E-state index in [-0.39, 0.29) is 0 Å². The lowest BCUT2D eigenvalue weighted by Crippen LogP contribution is -2.42. The summed E-state index contributed by atoms with van der Waals surface area (Å²) in [6, 6.07) is 0. The Bertz CT molecular complexity index is 309. The Morgan fingerprint density at radius 1 is 1.40 bits per heavy atom. The summed E-state index contributed by atoms with van der Waals surface area (Å²) in [7, 11) is 2.05. The summed E-state index contributed by atoms with van der Waals surface area (Å²) in [5, 5.41) is 13.8. The van der Waals surface area contributed by atoms with Crippen molar-refractivity contribution in [3.8, 4) is 0 Å². The number of unbranched alkanes of at least 4 members (excludes halogenated alkanes) is 1. The molecule has 0 amide bonds. The van der Waals surface area contributed by atoms with Crippen molar-refractivity contribution in [3.63, 3.8) is 0 Å². The first kappa shape index (κ1) is 17.0. The lowest BCUT2D eigenvalue weighted by molar-refractivity contribution is 0.0130. The van der Waals surface area contributed by atoms with Gasteiger partial charge in [-0.15, -0.1) is 6.58 Å². The van der Waals surface area contributed by atoms with E-state index < -0.39 is 5.60 Å². The van der Waals surface area contributed by atoms with Crippen molar-refractivity contribution < 1.29 is 5.11 Å². The highest BCUT2D eigenvalue weighted by Gasteiger charge is 2.29. The van der Waals surface area contributed by atoms with Gasteiger partial charge in [-0.1, -0.05) is 25.3 Å². The van der Waals surface area contributed by atoms with Gasteiger partial charge in [0.05, 0.1) is 12.1 Å². The Morgan fingerprint density at radius 3 is 2.70 bits per heavy atom. The molecule has 0 radical (unpaired) electrons. The second kappa shape index (κ2) is 9.01. The smallest absolute Gasteiger partial charge is 0.193 e. The summed E-state index contributed by atoms with van der Waals surface area (Å²) in [6.07, 6.45) is 9.31. The number of nitrogens with one attached hydrogen (secondary N) is 1. The Hall–Kier alpha value is -1.03. The van der Waals surface area contributed by atoms with Crippen LogP contribution in [-0.4, -0.2) is 48.2 Å². The van der Waals surface area contributed by atoms with E-state index in [1.807, 2.05) is 6.08 Å². The molecule has 0 aromatic heterocycles. The molecule has 1 saturated carbocycles. The van der Waals surface area contributed by atoms with Crippen LogP contribution in [0.5, 0.6) is 0 Å². The maximum atomic E-state index is 10.5. The Balaban J connectivity index is 2.54. The topological polar surface area (TPSA) is 47.9 Å². The van der Waals surface area contributed by atoms with Crippen LogP contribution >= 0.6 is 0 Å². The predicted molar refractivity (Wildman–Crippen MR) is 86.1 cm³/mol. The number of guanidine groups is 1. The third kappa shape index (κ3) is 5.95. The van der Waals surface area contributed by atoms with E-state index in [2.05, 4.69) is 35.8 Å². The van der Waals surface area contributed by atoms with E-state index in [4.69, 9.17) is 0 Å². The van der Waals surface area contributed by atoms with Gasteiger partial charge in [0.1, 0.15) is 0 Å². The molecule has 0 spiro atoms. The minimum Gasteiger partial charge on any atom is -0.388 e. The second-order valence-electron chi connectivity index (χ2n) is 5.81. The number of aliphatic imine (C=N–C) groups is 1. The molecule has 0 atom stereocenters. The Kier molecular flexibility index (Phi) is 7.67. The van der Waals surface area contributed by atoms with Crippen LogP contribution in [-0.2, 0) is 0 Å². The van der Waals surface area contributed by atoms with Gasteiger partial charge in [-0.05, 0) is 32.6 Å². The van der Waals surface area contributed by atoms with Crippen molar-refractivity contribution >= 4 is 5.96 Å². The zero-order chi connectivity index (χ0) is 14.8. The lowest BCUT2D eigenvalue weighted by atomic mass is 9.85. The van der Waals surface area contributed by atoms with Gasteiger partial charge in [-0.3, -0.25) is 4.99 Å². The van der Waals surface area contributed by atoms with E-state index in [1.54, 1.807) is 0 Å². The van der Waals surface area contributed by atoms with Gasteiger partial charge < -0.3 is 15.3 Å². The number of hydrogen-bond donors (Lipinski definition) is 2. The summed E-state index contributed by atoms with van der Waals surface area (Å²) in [4.78, 5) is 6.78. The minimum atomic E-state index is -0.582. The van der Waals surface area contributed by atoms with Crippen LogP contribution in [0.1, 0.15) is 51.9 Å². The average Bonchev–Trinajstić information content (AvgIpc) is 2.44. The molecular weight excluding hydrogens is 250 g/mol. The van der Waals surface area contributed by atoms with Crippen molar-refractivity contribution in [3.05, 3.63) is 12.7 Å².